The summed E-state index contributed by atoms with van der Waals surface area (Å²) < 4.78 is 39.2. The molecule has 3 nitrogen and oxygen atoms in total. The van der Waals surface area contributed by atoms with Gasteiger partial charge in [-0.2, -0.15) is 13.2 Å². The lowest BCUT2D eigenvalue weighted by Crippen LogP contribution is -2.34. The monoisotopic (exact) mass is 323 g/mol. The number of aliphatic hydroxyl groups is 1. The molecule has 0 aliphatic rings. The zero-order chi connectivity index (χ0) is 16.9. The van der Waals surface area contributed by atoms with Crippen LogP contribution in [0.5, 0.6) is 0 Å². The first-order valence-corrected chi connectivity index (χ1v) is 7.03. The Labute approximate surface area is 132 Å². The highest BCUT2D eigenvalue weighted by molar-refractivity contribution is 5.95. The summed E-state index contributed by atoms with van der Waals surface area (Å²) in [6, 6.07) is 13.6. The van der Waals surface area contributed by atoms with Gasteiger partial charge in [0.05, 0.1) is 17.7 Å². The van der Waals surface area contributed by atoms with E-state index in [1.165, 1.54) is 17.0 Å². The zero-order valence-corrected chi connectivity index (χ0v) is 12.3. The maximum atomic E-state index is 13.1. The average molecular weight is 323 g/mol. The summed E-state index contributed by atoms with van der Waals surface area (Å²) in [4.78, 5) is 13.7. The molecule has 1 amide bonds. The van der Waals surface area contributed by atoms with Crippen LogP contribution in [0.1, 0.15) is 21.5 Å². The minimum Gasteiger partial charge on any atom is -0.395 e. The number of alkyl halides is 3. The third-order valence-corrected chi connectivity index (χ3v) is 3.34. The summed E-state index contributed by atoms with van der Waals surface area (Å²) in [5, 5.41) is 9.12. The number of nitrogens with zero attached hydrogens (tertiary/aromatic N) is 1. The second-order valence-corrected chi connectivity index (χ2v) is 4.98. The van der Waals surface area contributed by atoms with E-state index in [4.69, 9.17) is 5.11 Å². The molecule has 2 aromatic carbocycles. The summed E-state index contributed by atoms with van der Waals surface area (Å²) in [7, 11) is 0. The molecule has 0 heterocycles. The van der Waals surface area contributed by atoms with Gasteiger partial charge in [-0.25, -0.2) is 0 Å². The summed E-state index contributed by atoms with van der Waals surface area (Å²) in [5.74, 6) is -0.754. The Morgan fingerprint density at radius 2 is 1.61 bits per heavy atom. The SMILES string of the molecule is O=C(c1ccccc1C(F)(F)F)N(CCO)Cc1ccccc1. The van der Waals surface area contributed by atoms with Crippen molar-refractivity contribution in [2.45, 2.75) is 12.7 Å². The van der Waals surface area contributed by atoms with E-state index >= 15 is 0 Å². The molecule has 0 saturated heterocycles. The number of benzene rings is 2. The van der Waals surface area contributed by atoms with Crippen LogP contribution in [0.2, 0.25) is 0 Å². The Morgan fingerprint density at radius 3 is 2.22 bits per heavy atom. The van der Waals surface area contributed by atoms with Crippen LogP contribution in [0.3, 0.4) is 0 Å². The smallest absolute Gasteiger partial charge is 0.395 e. The van der Waals surface area contributed by atoms with Crippen LogP contribution in [0.4, 0.5) is 13.2 Å². The Kier molecular flexibility index (Phi) is 5.39. The Hall–Kier alpha value is -2.34. The number of carbonyl (C=O) groups excluding carboxylic acids is 1. The molecule has 2 aromatic rings. The molecule has 2 rings (SSSR count). The maximum absolute atomic E-state index is 13.1. The van der Waals surface area contributed by atoms with E-state index in [-0.39, 0.29) is 19.7 Å². The molecule has 0 unspecified atom stereocenters. The highest BCUT2D eigenvalue weighted by Crippen LogP contribution is 2.32. The van der Waals surface area contributed by atoms with Gasteiger partial charge in [-0.15, -0.1) is 0 Å². The van der Waals surface area contributed by atoms with E-state index in [0.717, 1.165) is 17.7 Å². The third kappa shape index (κ3) is 4.32. The van der Waals surface area contributed by atoms with Crippen molar-refractivity contribution in [1.82, 2.24) is 4.90 Å². The Morgan fingerprint density at radius 1 is 1.00 bits per heavy atom. The van der Waals surface area contributed by atoms with Crippen LogP contribution in [0.15, 0.2) is 54.6 Å². The van der Waals surface area contributed by atoms with E-state index in [9.17, 15) is 18.0 Å². The van der Waals surface area contributed by atoms with Crippen LogP contribution >= 0.6 is 0 Å². The molecule has 0 fully saturated rings. The molecule has 0 spiro atoms. The van der Waals surface area contributed by atoms with Gasteiger partial charge < -0.3 is 10.0 Å². The van der Waals surface area contributed by atoms with Gasteiger partial charge in [0.25, 0.3) is 5.91 Å². The Bertz CT molecular complexity index is 656. The van der Waals surface area contributed by atoms with E-state index in [2.05, 4.69) is 0 Å². The van der Waals surface area contributed by atoms with Gasteiger partial charge in [-0.3, -0.25) is 4.79 Å². The van der Waals surface area contributed by atoms with Gasteiger partial charge in [0.15, 0.2) is 0 Å². The molecule has 0 aliphatic carbocycles. The van der Waals surface area contributed by atoms with E-state index in [1.54, 1.807) is 30.3 Å². The number of carbonyl (C=O) groups is 1. The van der Waals surface area contributed by atoms with Gasteiger partial charge in [0.2, 0.25) is 0 Å². The van der Waals surface area contributed by atoms with E-state index in [0.29, 0.717) is 0 Å². The number of hydrogen-bond donors (Lipinski definition) is 1. The molecule has 6 heteroatoms. The predicted molar refractivity (Wildman–Crippen MR) is 79.7 cm³/mol. The summed E-state index contributed by atoms with van der Waals surface area (Å²) in [6.07, 6.45) is -4.61. The van der Waals surface area contributed by atoms with Crippen molar-refractivity contribution in [1.29, 1.82) is 0 Å². The first kappa shape index (κ1) is 17.0. The van der Waals surface area contributed by atoms with Crippen molar-refractivity contribution in [3.63, 3.8) is 0 Å². The number of amides is 1. The van der Waals surface area contributed by atoms with Gasteiger partial charge in [0, 0.05) is 13.1 Å². The van der Waals surface area contributed by atoms with E-state index in [1.807, 2.05) is 0 Å². The lowest BCUT2D eigenvalue weighted by Gasteiger charge is -2.23. The largest absolute Gasteiger partial charge is 0.417 e. The number of halogens is 3. The molecule has 0 aliphatic heterocycles. The maximum Gasteiger partial charge on any atom is 0.417 e. The third-order valence-electron chi connectivity index (χ3n) is 3.34. The van der Waals surface area contributed by atoms with Crippen molar-refractivity contribution in [2.75, 3.05) is 13.2 Å². The molecule has 0 bridgehead atoms. The van der Waals surface area contributed by atoms with Crippen molar-refractivity contribution in [3.8, 4) is 0 Å². The predicted octanol–water partition coefficient (Wildman–Crippen LogP) is 3.34. The van der Waals surface area contributed by atoms with E-state index < -0.39 is 23.2 Å². The fraction of sp³-hybridized carbons (Fsp3) is 0.235. The number of aliphatic hydroxyl groups excluding tert-OH is 1. The second-order valence-electron chi connectivity index (χ2n) is 4.98. The van der Waals surface area contributed by atoms with Crippen LogP contribution in [-0.2, 0) is 12.7 Å². The number of hydrogen-bond acceptors (Lipinski definition) is 2. The molecular weight excluding hydrogens is 307 g/mol. The molecule has 0 saturated carbocycles. The molecular formula is C17H16F3NO2. The van der Waals surface area contributed by atoms with Crippen LogP contribution < -0.4 is 0 Å². The first-order chi connectivity index (χ1) is 10.9. The van der Waals surface area contributed by atoms with Gasteiger partial charge >= 0.3 is 6.18 Å². The summed E-state index contributed by atoms with van der Waals surface area (Å²) >= 11 is 0. The first-order valence-electron chi connectivity index (χ1n) is 7.03. The van der Waals surface area contributed by atoms with Gasteiger partial charge in [-0.1, -0.05) is 42.5 Å². The van der Waals surface area contributed by atoms with Crippen LogP contribution in [0, 0.1) is 0 Å². The minimum atomic E-state index is -4.61. The second kappa shape index (κ2) is 7.28. The molecule has 0 aromatic heterocycles. The standard InChI is InChI=1S/C17H16F3NO2/c18-17(19,20)15-9-5-4-8-14(15)16(23)21(10-11-22)12-13-6-2-1-3-7-13/h1-9,22H,10-12H2. The van der Waals surface area contributed by atoms with Crippen LogP contribution in [0.25, 0.3) is 0 Å². The molecule has 0 atom stereocenters. The van der Waals surface area contributed by atoms with Crippen molar-refractivity contribution in [2.24, 2.45) is 0 Å². The summed E-state index contributed by atoms with van der Waals surface area (Å²) in [5.41, 5.74) is -0.607. The summed E-state index contributed by atoms with van der Waals surface area (Å²) in [6.45, 7) is -0.237. The van der Waals surface area contributed by atoms with Gasteiger partial charge in [-0.05, 0) is 17.7 Å². The highest BCUT2D eigenvalue weighted by Gasteiger charge is 2.35. The van der Waals surface area contributed by atoms with Gasteiger partial charge in [0.1, 0.15) is 0 Å². The lowest BCUT2D eigenvalue weighted by atomic mass is 10.1. The fourth-order valence-corrected chi connectivity index (χ4v) is 2.26. The highest BCUT2D eigenvalue weighted by atomic mass is 19.4. The zero-order valence-electron chi connectivity index (χ0n) is 12.3. The van der Waals surface area contributed by atoms with Crippen molar-refractivity contribution in [3.05, 3.63) is 71.3 Å². The molecule has 23 heavy (non-hydrogen) atoms. The Balaban J connectivity index is 2.32. The van der Waals surface area contributed by atoms with Crippen LogP contribution in [-0.4, -0.2) is 29.1 Å². The fourth-order valence-electron chi connectivity index (χ4n) is 2.26. The number of rotatable bonds is 5. The molecule has 0 radical (unpaired) electrons. The molecule has 1 N–H and O–H groups in total. The quantitative estimate of drug-likeness (QED) is 0.917. The normalized spacial score (nSPS) is 11.3. The van der Waals surface area contributed by atoms with Crippen molar-refractivity contribution < 1.29 is 23.1 Å². The van der Waals surface area contributed by atoms with Crippen molar-refractivity contribution >= 4 is 5.91 Å². The topological polar surface area (TPSA) is 40.5 Å². The minimum absolute atomic E-state index is 0.0417. The lowest BCUT2D eigenvalue weighted by molar-refractivity contribution is -0.138. The average Bonchev–Trinajstić information content (AvgIpc) is 2.54. The molecule has 122 valence electrons.